The number of carbonyl (C=O) groups is 1. The van der Waals surface area contributed by atoms with Gasteiger partial charge in [0.25, 0.3) is 0 Å². The van der Waals surface area contributed by atoms with Crippen LogP contribution in [0, 0.1) is 5.82 Å². The fourth-order valence-electron chi connectivity index (χ4n) is 2.42. The molecular weight excluding hydrogens is 245 g/mol. The minimum atomic E-state index is -0.235. The molecule has 0 bridgehead atoms. The molecule has 1 unspecified atom stereocenters. The fraction of sp³-hybridized carbons (Fsp3) is 0.500. The standard InChI is InChI=1S/C14H20FN3O/c1-2-17-14(19)10-18-7-6-16-9-13(18)11-4-3-5-12(15)8-11/h3-5,8,13,16H,2,6-7,9-10H2,1H3,(H,17,19). The summed E-state index contributed by atoms with van der Waals surface area (Å²) in [6.07, 6.45) is 0. The molecule has 0 saturated carbocycles. The normalized spacial score (nSPS) is 20.2. The summed E-state index contributed by atoms with van der Waals surface area (Å²) in [4.78, 5) is 13.8. The molecular formula is C14H20FN3O. The van der Waals surface area contributed by atoms with Crippen LogP contribution >= 0.6 is 0 Å². The van der Waals surface area contributed by atoms with Gasteiger partial charge in [0, 0.05) is 32.2 Å². The molecule has 1 atom stereocenters. The van der Waals surface area contributed by atoms with Crippen molar-refractivity contribution in [3.05, 3.63) is 35.6 Å². The van der Waals surface area contributed by atoms with Crippen LogP contribution in [0.15, 0.2) is 24.3 Å². The summed E-state index contributed by atoms with van der Waals surface area (Å²) in [5.74, 6) is -0.216. The lowest BCUT2D eigenvalue weighted by Gasteiger charge is -2.36. The molecule has 4 nitrogen and oxygen atoms in total. The zero-order valence-electron chi connectivity index (χ0n) is 11.2. The highest BCUT2D eigenvalue weighted by Crippen LogP contribution is 2.22. The van der Waals surface area contributed by atoms with Gasteiger partial charge in [0.15, 0.2) is 0 Å². The van der Waals surface area contributed by atoms with Crippen molar-refractivity contribution in [2.75, 3.05) is 32.7 Å². The second-order valence-corrected chi connectivity index (χ2v) is 4.70. The van der Waals surface area contributed by atoms with Gasteiger partial charge in [-0.05, 0) is 24.6 Å². The Bertz CT molecular complexity index is 438. The predicted octanol–water partition coefficient (Wildman–Crippen LogP) is 0.908. The molecule has 1 saturated heterocycles. The van der Waals surface area contributed by atoms with Gasteiger partial charge >= 0.3 is 0 Å². The largest absolute Gasteiger partial charge is 0.355 e. The summed E-state index contributed by atoms with van der Waals surface area (Å²) in [6, 6.07) is 6.65. The molecule has 1 aliphatic rings. The average Bonchev–Trinajstić information content (AvgIpc) is 2.39. The molecule has 1 amide bonds. The van der Waals surface area contributed by atoms with Crippen molar-refractivity contribution in [2.45, 2.75) is 13.0 Å². The zero-order chi connectivity index (χ0) is 13.7. The van der Waals surface area contributed by atoms with Crippen molar-refractivity contribution in [1.29, 1.82) is 0 Å². The second-order valence-electron chi connectivity index (χ2n) is 4.70. The maximum Gasteiger partial charge on any atom is 0.234 e. The van der Waals surface area contributed by atoms with Crippen LogP contribution in [0.1, 0.15) is 18.5 Å². The molecule has 19 heavy (non-hydrogen) atoms. The first-order chi connectivity index (χ1) is 9.20. The van der Waals surface area contributed by atoms with Gasteiger partial charge in [0.2, 0.25) is 5.91 Å². The van der Waals surface area contributed by atoms with E-state index >= 15 is 0 Å². The Hall–Kier alpha value is -1.46. The number of nitrogens with one attached hydrogen (secondary N) is 2. The summed E-state index contributed by atoms with van der Waals surface area (Å²) < 4.78 is 13.3. The van der Waals surface area contributed by atoms with Gasteiger partial charge in [-0.3, -0.25) is 9.69 Å². The number of halogens is 1. The fourth-order valence-corrected chi connectivity index (χ4v) is 2.42. The van der Waals surface area contributed by atoms with E-state index in [2.05, 4.69) is 15.5 Å². The Morgan fingerprint density at radius 2 is 2.42 bits per heavy atom. The van der Waals surface area contributed by atoms with E-state index in [-0.39, 0.29) is 17.8 Å². The smallest absolute Gasteiger partial charge is 0.234 e. The number of likely N-dealkylation sites (N-methyl/N-ethyl adjacent to an activating group) is 1. The highest BCUT2D eigenvalue weighted by Gasteiger charge is 2.25. The minimum Gasteiger partial charge on any atom is -0.355 e. The van der Waals surface area contributed by atoms with Crippen LogP contribution in [0.25, 0.3) is 0 Å². The molecule has 1 aromatic rings. The Morgan fingerprint density at radius 1 is 1.58 bits per heavy atom. The van der Waals surface area contributed by atoms with Crippen molar-refractivity contribution in [2.24, 2.45) is 0 Å². The number of piperazine rings is 1. The topological polar surface area (TPSA) is 44.4 Å². The van der Waals surface area contributed by atoms with Crippen LogP contribution < -0.4 is 10.6 Å². The van der Waals surface area contributed by atoms with E-state index in [4.69, 9.17) is 0 Å². The van der Waals surface area contributed by atoms with Gasteiger partial charge in [-0.25, -0.2) is 4.39 Å². The molecule has 2 rings (SSSR count). The second kappa shape index (κ2) is 6.63. The van der Waals surface area contributed by atoms with E-state index in [1.165, 1.54) is 6.07 Å². The maximum absolute atomic E-state index is 13.3. The van der Waals surface area contributed by atoms with Crippen LogP contribution in [-0.4, -0.2) is 43.5 Å². The predicted molar refractivity (Wildman–Crippen MR) is 72.3 cm³/mol. The molecule has 5 heteroatoms. The van der Waals surface area contributed by atoms with Gasteiger partial charge in [-0.15, -0.1) is 0 Å². The summed E-state index contributed by atoms with van der Waals surface area (Å²) in [5, 5.41) is 6.09. The molecule has 2 N–H and O–H groups in total. The van der Waals surface area contributed by atoms with Gasteiger partial charge in [-0.1, -0.05) is 12.1 Å². The van der Waals surface area contributed by atoms with Crippen molar-refractivity contribution in [1.82, 2.24) is 15.5 Å². The number of amides is 1. The van der Waals surface area contributed by atoms with Gasteiger partial charge < -0.3 is 10.6 Å². The summed E-state index contributed by atoms with van der Waals surface area (Å²) in [6.45, 7) is 5.28. The van der Waals surface area contributed by atoms with E-state index < -0.39 is 0 Å². The third-order valence-electron chi connectivity index (χ3n) is 3.31. The van der Waals surface area contributed by atoms with E-state index in [1.54, 1.807) is 12.1 Å². The van der Waals surface area contributed by atoms with Crippen molar-refractivity contribution >= 4 is 5.91 Å². The van der Waals surface area contributed by atoms with Crippen LogP contribution in [-0.2, 0) is 4.79 Å². The van der Waals surface area contributed by atoms with E-state index in [0.717, 1.165) is 25.2 Å². The van der Waals surface area contributed by atoms with Crippen molar-refractivity contribution in [3.63, 3.8) is 0 Å². The molecule has 0 radical (unpaired) electrons. The van der Waals surface area contributed by atoms with E-state index in [0.29, 0.717) is 13.1 Å². The molecule has 0 spiro atoms. The van der Waals surface area contributed by atoms with E-state index in [1.807, 2.05) is 13.0 Å². The van der Waals surface area contributed by atoms with Gasteiger partial charge in [-0.2, -0.15) is 0 Å². The average molecular weight is 265 g/mol. The van der Waals surface area contributed by atoms with E-state index in [9.17, 15) is 9.18 Å². The van der Waals surface area contributed by atoms with Crippen molar-refractivity contribution in [3.8, 4) is 0 Å². The number of nitrogens with zero attached hydrogens (tertiary/aromatic N) is 1. The molecule has 1 aromatic carbocycles. The first-order valence-electron chi connectivity index (χ1n) is 6.67. The quantitative estimate of drug-likeness (QED) is 0.850. The first-order valence-corrected chi connectivity index (χ1v) is 6.67. The lowest BCUT2D eigenvalue weighted by Crippen LogP contribution is -2.49. The highest BCUT2D eigenvalue weighted by molar-refractivity contribution is 5.78. The lowest BCUT2D eigenvalue weighted by molar-refractivity contribution is -0.122. The Morgan fingerprint density at radius 3 is 3.16 bits per heavy atom. The Balaban J connectivity index is 2.09. The molecule has 0 aromatic heterocycles. The first kappa shape index (κ1) is 14.0. The Labute approximate surface area is 113 Å². The number of benzene rings is 1. The molecule has 1 heterocycles. The lowest BCUT2D eigenvalue weighted by atomic mass is 10.0. The molecule has 1 fully saturated rings. The number of hydrogen-bond donors (Lipinski definition) is 2. The maximum atomic E-state index is 13.3. The monoisotopic (exact) mass is 265 g/mol. The number of hydrogen-bond acceptors (Lipinski definition) is 3. The Kier molecular flexibility index (Phi) is 4.87. The third-order valence-corrected chi connectivity index (χ3v) is 3.31. The van der Waals surface area contributed by atoms with Crippen LogP contribution in [0.2, 0.25) is 0 Å². The number of carbonyl (C=O) groups excluding carboxylic acids is 1. The van der Waals surface area contributed by atoms with Crippen LogP contribution in [0.4, 0.5) is 4.39 Å². The van der Waals surface area contributed by atoms with Crippen molar-refractivity contribution < 1.29 is 9.18 Å². The SMILES string of the molecule is CCNC(=O)CN1CCNCC1c1cccc(F)c1. The number of rotatable bonds is 4. The molecule has 104 valence electrons. The molecule has 0 aliphatic carbocycles. The zero-order valence-corrected chi connectivity index (χ0v) is 11.2. The van der Waals surface area contributed by atoms with Crippen LogP contribution in [0.3, 0.4) is 0 Å². The van der Waals surface area contributed by atoms with Crippen LogP contribution in [0.5, 0.6) is 0 Å². The summed E-state index contributed by atoms with van der Waals surface area (Å²) >= 11 is 0. The third kappa shape index (κ3) is 3.75. The highest BCUT2D eigenvalue weighted by atomic mass is 19.1. The minimum absolute atomic E-state index is 0.0193. The van der Waals surface area contributed by atoms with Gasteiger partial charge in [0.05, 0.1) is 6.54 Å². The van der Waals surface area contributed by atoms with Gasteiger partial charge in [0.1, 0.15) is 5.82 Å². The summed E-state index contributed by atoms with van der Waals surface area (Å²) in [7, 11) is 0. The summed E-state index contributed by atoms with van der Waals surface area (Å²) in [5.41, 5.74) is 0.913. The molecule has 1 aliphatic heterocycles.